The molecule has 0 N–H and O–H groups in total. The predicted molar refractivity (Wildman–Crippen MR) is 56.1 cm³/mol. The predicted octanol–water partition coefficient (Wildman–Crippen LogP) is 2.76. The first-order valence-corrected chi connectivity index (χ1v) is 5.13. The highest BCUT2D eigenvalue weighted by molar-refractivity contribution is 4.56. The highest BCUT2D eigenvalue weighted by Gasteiger charge is 2.10. The number of hydrogen-bond acceptors (Lipinski definition) is 0. The van der Waals surface area contributed by atoms with Crippen LogP contribution in [-0.4, -0.2) is 32.2 Å². The first-order valence-electron chi connectivity index (χ1n) is 5.13. The van der Waals surface area contributed by atoms with E-state index in [-0.39, 0.29) is 0 Å². The Morgan fingerprint density at radius 1 is 1.00 bits per heavy atom. The first kappa shape index (κ1) is 12.0. The molecular formula is C11H26N+. The van der Waals surface area contributed by atoms with E-state index in [1.807, 2.05) is 0 Å². The number of quaternary nitrogens is 1. The number of rotatable bonds is 5. The van der Waals surface area contributed by atoms with Crippen LogP contribution in [0.1, 0.15) is 33.6 Å². The Kier molecular flexibility index (Phi) is 4.84. The molecule has 0 radical (unpaired) electrons. The van der Waals surface area contributed by atoms with Gasteiger partial charge < -0.3 is 4.48 Å². The van der Waals surface area contributed by atoms with Gasteiger partial charge in [-0.15, -0.1) is 0 Å². The molecule has 0 aliphatic rings. The minimum absolute atomic E-state index is 0.845. The summed E-state index contributed by atoms with van der Waals surface area (Å²) < 4.78 is 1.10. The Balaban J connectivity index is 3.44. The van der Waals surface area contributed by atoms with E-state index < -0.39 is 0 Å². The van der Waals surface area contributed by atoms with Crippen LogP contribution in [0.2, 0.25) is 0 Å². The zero-order valence-corrected chi connectivity index (χ0v) is 9.72. The van der Waals surface area contributed by atoms with Crippen molar-refractivity contribution in [3.05, 3.63) is 0 Å². The van der Waals surface area contributed by atoms with E-state index in [1.165, 1.54) is 19.4 Å². The molecule has 0 aromatic heterocycles. The Bertz CT molecular complexity index is 111. The fourth-order valence-electron chi connectivity index (χ4n) is 1.22. The van der Waals surface area contributed by atoms with Crippen LogP contribution >= 0.6 is 0 Å². The van der Waals surface area contributed by atoms with Gasteiger partial charge in [0.25, 0.3) is 0 Å². The summed E-state index contributed by atoms with van der Waals surface area (Å²) in [4.78, 5) is 0. The second-order valence-electron chi connectivity index (χ2n) is 5.38. The summed E-state index contributed by atoms with van der Waals surface area (Å²) in [6.45, 7) is 8.30. The summed E-state index contributed by atoms with van der Waals surface area (Å²) in [5.41, 5.74) is 0. The van der Waals surface area contributed by atoms with Crippen molar-refractivity contribution in [3.63, 3.8) is 0 Å². The summed E-state index contributed by atoms with van der Waals surface area (Å²) in [5, 5.41) is 0. The fourth-order valence-corrected chi connectivity index (χ4v) is 1.22. The van der Waals surface area contributed by atoms with Gasteiger partial charge in [0.2, 0.25) is 0 Å². The van der Waals surface area contributed by atoms with Crippen molar-refractivity contribution < 1.29 is 4.48 Å². The molecule has 0 rings (SSSR count). The molecule has 0 bridgehead atoms. The van der Waals surface area contributed by atoms with Gasteiger partial charge in [-0.2, -0.15) is 0 Å². The maximum atomic E-state index is 2.36. The van der Waals surface area contributed by atoms with Gasteiger partial charge in [-0.1, -0.05) is 20.8 Å². The molecule has 0 saturated heterocycles. The summed E-state index contributed by atoms with van der Waals surface area (Å²) in [5.74, 6) is 1.73. The SMILES string of the molecule is CC(C)C(C)CCC[N+](C)(C)C. The molecule has 0 saturated carbocycles. The first-order chi connectivity index (χ1) is 5.33. The number of nitrogens with zero attached hydrogens (tertiary/aromatic N) is 1. The van der Waals surface area contributed by atoms with E-state index >= 15 is 0 Å². The highest BCUT2D eigenvalue weighted by Crippen LogP contribution is 2.16. The summed E-state index contributed by atoms with van der Waals surface area (Å²) in [7, 11) is 6.79. The minimum atomic E-state index is 0.845. The Hall–Kier alpha value is -0.0400. The van der Waals surface area contributed by atoms with Crippen molar-refractivity contribution in [2.45, 2.75) is 33.6 Å². The lowest BCUT2D eigenvalue weighted by atomic mass is 9.93. The van der Waals surface area contributed by atoms with Gasteiger partial charge in [0.05, 0.1) is 27.7 Å². The average Bonchev–Trinajstić information content (AvgIpc) is 1.84. The molecule has 1 atom stereocenters. The van der Waals surface area contributed by atoms with Crippen molar-refractivity contribution in [1.82, 2.24) is 0 Å². The lowest BCUT2D eigenvalue weighted by molar-refractivity contribution is -0.870. The van der Waals surface area contributed by atoms with Gasteiger partial charge >= 0.3 is 0 Å². The van der Waals surface area contributed by atoms with Crippen LogP contribution in [0.3, 0.4) is 0 Å². The van der Waals surface area contributed by atoms with E-state index in [0.29, 0.717) is 0 Å². The number of hydrogen-bond donors (Lipinski definition) is 0. The minimum Gasteiger partial charge on any atom is -0.331 e. The van der Waals surface area contributed by atoms with Crippen LogP contribution in [0.25, 0.3) is 0 Å². The Labute approximate surface area is 78.4 Å². The third kappa shape index (κ3) is 6.66. The molecule has 0 spiro atoms. The lowest BCUT2D eigenvalue weighted by Gasteiger charge is -2.25. The zero-order chi connectivity index (χ0) is 9.78. The summed E-state index contributed by atoms with van der Waals surface area (Å²) in [6, 6.07) is 0. The van der Waals surface area contributed by atoms with E-state index in [2.05, 4.69) is 41.9 Å². The van der Waals surface area contributed by atoms with E-state index in [0.717, 1.165) is 16.3 Å². The van der Waals surface area contributed by atoms with Crippen LogP contribution in [0.5, 0.6) is 0 Å². The molecule has 12 heavy (non-hydrogen) atoms. The van der Waals surface area contributed by atoms with Gasteiger partial charge in [-0.25, -0.2) is 0 Å². The van der Waals surface area contributed by atoms with Gasteiger partial charge in [-0.3, -0.25) is 0 Å². The van der Waals surface area contributed by atoms with Gasteiger partial charge in [-0.05, 0) is 24.7 Å². The molecule has 1 unspecified atom stereocenters. The topological polar surface area (TPSA) is 0 Å². The molecule has 0 fully saturated rings. The zero-order valence-electron chi connectivity index (χ0n) is 9.72. The molecule has 0 aromatic rings. The molecule has 0 amide bonds. The smallest absolute Gasteiger partial charge is 0.0780 e. The van der Waals surface area contributed by atoms with Gasteiger partial charge in [0.15, 0.2) is 0 Å². The van der Waals surface area contributed by atoms with Crippen LogP contribution in [0.15, 0.2) is 0 Å². The molecular weight excluding hydrogens is 146 g/mol. The summed E-state index contributed by atoms with van der Waals surface area (Å²) >= 11 is 0. The lowest BCUT2D eigenvalue weighted by Crippen LogP contribution is -2.35. The van der Waals surface area contributed by atoms with Gasteiger partial charge in [0, 0.05) is 0 Å². The second kappa shape index (κ2) is 4.86. The van der Waals surface area contributed by atoms with Gasteiger partial charge in [0.1, 0.15) is 0 Å². The largest absolute Gasteiger partial charge is 0.331 e. The quantitative estimate of drug-likeness (QED) is 0.559. The monoisotopic (exact) mass is 172 g/mol. The maximum absolute atomic E-state index is 2.36. The maximum Gasteiger partial charge on any atom is 0.0780 e. The molecule has 1 heteroatoms. The summed E-state index contributed by atoms with van der Waals surface area (Å²) in [6.07, 6.45) is 2.75. The van der Waals surface area contributed by atoms with Crippen molar-refractivity contribution in [2.75, 3.05) is 27.7 Å². The van der Waals surface area contributed by atoms with Crippen molar-refractivity contribution in [2.24, 2.45) is 11.8 Å². The Morgan fingerprint density at radius 3 is 1.83 bits per heavy atom. The molecule has 0 aromatic carbocycles. The third-order valence-electron chi connectivity index (χ3n) is 2.63. The highest BCUT2D eigenvalue weighted by atomic mass is 15.3. The third-order valence-corrected chi connectivity index (χ3v) is 2.63. The fraction of sp³-hybridized carbons (Fsp3) is 1.00. The van der Waals surface area contributed by atoms with Crippen molar-refractivity contribution >= 4 is 0 Å². The molecule has 1 nitrogen and oxygen atoms in total. The second-order valence-corrected chi connectivity index (χ2v) is 5.38. The van der Waals surface area contributed by atoms with E-state index in [4.69, 9.17) is 0 Å². The molecule has 0 aliphatic carbocycles. The van der Waals surface area contributed by atoms with Crippen LogP contribution < -0.4 is 0 Å². The van der Waals surface area contributed by atoms with Crippen molar-refractivity contribution in [1.29, 1.82) is 0 Å². The van der Waals surface area contributed by atoms with Crippen LogP contribution in [0.4, 0.5) is 0 Å². The molecule has 0 heterocycles. The van der Waals surface area contributed by atoms with Crippen molar-refractivity contribution in [3.8, 4) is 0 Å². The standard InChI is InChI=1S/C11H26N/c1-10(2)11(3)8-7-9-12(4,5)6/h10-11H,7-9H2,1-6H3/q+1. The molecule has 0 aliphatic heterocycles. The van der Waals surface area contributed by atoms with Crippen LogP contribution in [-0.2, 0) is 0 Å². The Morgan fingerprint density at radius 2 is 1.50 bits per heavy atom. The van der Waals surface area contributed by atoms with E-state index in [1.54, 1.807) is 0 Å². The normalized spacial score (nSPS) is 15.2. The van der Waals surface area contributed by atoms with Crippen LogP contribution in [0, 0.1) is 11.8 Å². The van der Waals surface area contributed by atoms with E-state index in [9.17, 15) is 0 Å². The average molecular weight is 172 g/mol. The molecule has 74 valence electrons.